The average molecular weight is 610 g/mol. The highest BCUT2D eigenvalue weighted by atomic mass is 32.2. The van der Waals surface area contributed by atoms with E-state index in [9.17, 15) is 27.9 Å². The number of hydrogen-bond donors (Lipinski definition) is 3. The van der Waals surface area contributed by atoms with Gasteiger partial charge in [-0.25, -0.2) is 8.42 Å². The van der Waals surface area contributed by atoms with Crippen molar-refractivity contribution in [2.75, 3.05) is 26.1 Å². The smallest absolute Gasteiger partial charge is 0.309 e. The number of nitrogens with two attached hydrogens (primary N) is 1. The summed E-state index contributed by atoms with van der Waals surface area (Å²) in [4.78, 5) is 40.2. The van der Waals surface area contributed by atoms with E-state index in [1.165, 1.54) is 31.3 Å². The number of primary amides is 1. The summed E-state index contributed by atoms with van der Waals surface area (Å²) in [7, 11) is -0.871. The molecule has 3 atom stereocenters. The molecule has 3 aromatic rings. The van der Waals surface area contributed by atoms with Crippen LogP contribution in [0, 0.1) is 5.92 Å². The summed E-state index contributed by atoms with van der Waals surface area (Å²) in [6.07, 6.45) is 0.123. The number of hydrogen-bond acceptors (Lipinski definition) is 8. The van der Waals surface area contributed by atoms with Crippen LogP contribution in [0.15, 0.2) is 71.6 Å². The topological polar surface area (TPSA) is 165 Å². The van der Waals surface area contributed by atoms with Gasteiger partial charge in [-0.1, -0.05) is 30.3 Å². The van der Waals surface area contributed by atoms with Gasteiger partial charge in [-0.3, -0.25) is 14.4 Å². The minimum Gasteiger partial charge on any atom is -0.493 e. The summed E-state index contributed by atoms with van der Waals surface area (Å²) in [5.74, 6) is -2.53. The summed E-state index contributed by atoms with van der Waals surface area (Å²) in [6.45, 7) is 3.18. The van der Waals surface area contributed by atoms with E-state index in [-0.39, 0.29) is 29.0 Å². The number of methoxy groups -OCH3 is 2. The maximum Gasteiger partial charge on any atom is 0.309 e. The second-order valence-electron chi connectivity index (χ2n) is 10.5. The number of carbonyl (C=O) groups is 3. The molecule has 0 saturated carbocycles. The van der Waals surface area contributed by atoms with E-state index in [0.717, 1.165) is 0 Å². The first kappa shape index (κ1) is 31.4. The SMILES string of the molecule is COc1ccc([C@H](Nc2cccc(C(N)=O)c2)C(=O)N2CCC(C(=O)O)C2c2ccccc2S(=O)(=O)C(C)C)cc1OC. The van der Waals surface area contributed by atoms with Crippen LogP contribution in [0.2, 0.25) is 0 Å². The molecule has 0 bridgehead atoms. The Kier molecular flexibility index (Phi) is 9.29. The molecular formula is C31H35N3O8S. The van der Waals surface area contributed by atoms with Crippen LogP contribution >= 0.6 is 0 Å². The zero-order chi connectivity index (χ0) is 31.5. The molecule has 1 fully saturated rings. The van der Waals surface area contributed by atoms with Gasteiger partial charge in [-0.15, -0.1) is 0 Å². The third-order valence-electron chi connectivity index (χ3n) is 7.61. The fraction of sp³-hybridized carbons (Fsp3) is 0.323. The quantitative estimate of drug-likeness (QED) is 0.293. The monoisotopic (exact) mass is 609 g/mol. The van der Waals surface area contributed by atoms with Gasteiger partial charge in [0.05, 0.1) is 36.3 Å². The molecule has 1 aliphatic heterocycles. The molecule has 0 aliphatic carbocycles. The third-order valence-corrected chi connectivity index (χ3v) is 9.83. The zero-order valence-corrected chi connectivity index (χ0v) is 25.1. The summed E-state index contributed by atoms with van der Waals surface area (Å²) in [6, 6.07) is 15.4. The third kappa shape index (κ3) is 6.29. The molecule has 1 saturated heterocycles. The number of aliphatic carboxylic acids is 1. The van der Waals surface area contributed by atoms with Crippen LogP contribution in [-0.2, 0) is 19.4 Å². The van der Waals surface area contributed by atoms with Crippen LogP contribution in [0.3, 0.4) is 0 Å². The second kappa shape index (κ2) is 12.7. The molecule has 43 heavy (non-hydrogen) atoms. The van der Waals surface area contributed by atoms with Crippen molar-refractivity contribution in [1.82, 2.24) is 4.90 Å². The van der Waals surface area contributed by atoms with Crippen LogP contribution < -0.4 is 20.5 Å². The Labute approximate surface area is 250 Å². The Morgan fingerprint density at radius 1 is 0.977 bits per heavy atom. The van der Waals surface area contributed by atoms with Crippen molar-refractivity contribution < 1.29 is 37.4 Å². The Morgan fingerprint density at radius 2 is 1.67 bits per heavy atom. The van der Waals surface area contributed by atoms with Crippen molar-refractivity contribution >= 4 is 33.3 Å². The van der Waals surface area contributed by atoms with E-state index in [0.29, 0.717) is 22.7 Å². The number of ether oxygens (including phenoxy) is 2. The zero-order valence-electron chi connectivity index (χ0n) is 24.3. The van der Waals surface area contributed by atoms with E-state index < -0.39 is 50.9 Å². The van der Waals surface area contributed by atoms with Gasteiger partial charge in [-0.05, 0) is 67.8 Å². The minimum atomic E-state index is -3.81. The largest absolute Gasteiger partial charge is 0.493 e. The fourth-order valence-electron chi connectivity index (χ4n) is 5.34. The Hall–Kier alpha value is -4.58. The molecule has 0 spiro atoms. The highest BCUT2D eigenvalue weighted by Crippen LogP contribution is 2.43. The first-order chi connectivity index (χ1) is 20.4. The molecule has 11 nitrogen and oxygen atoms in total. The van der Waals surface area contributed by atoms with Gasteiger partial charge in [-0.2, -0.15) is 0 Å². The summed E-state index contributed by atoms with van der Waals surface area (Å²) in [5.41, 5.74) is 6.82. The van der Waals surface area contributed by atoms with Gasteiger partial charge in [0.2, 0.25) is 11.8 Å². The number of rotatable bonds is 11. The van der Waals surface area contributed by atoms with Crippen LogP contribution in [0.5, 0.6) is 11.5 Å². The number of likely N-dealkylation sites (tertiary alicyclic amines) is 1. The van der Waals surface area contributed by atoms with Gasteiger partial charge in [0, 0.05) is 17.8 Å². The van der Waals surface area contributed by atoms with Crippen molar-refractivity contribution in [2.45, 2.75) is 42.5 Å². The fourth-order valence-corrected chi connectivity index (χ4v) is 6.63. The maximum atomic E-state index is 14.5. The first-order valence-electron chi connectivity index (χ1n) is 13.6. The predicted molar refractivity (Wildman–Crippen MR) is 160 cm³/mol. The van der Waals surface area contributed by atoms with E-state index >= 15 is 0 Å². The van der Waals surface area contributed by atoms with Gasteiger partial charge in [0.25, 0.3) is 0 Å². The van der Waals surface area contributed by atoms with Crippen LogP contribution in [0.1, 0.15) is 53.8 Å². The standard InChI is InChI=1S/C31H35N3O8S/c1-18(2)43(39,40)26-11-6-5-10-22(26)28-23(31(37)38)14-15-34(28)30(36)27(19-12-13-24(41-3)25(17-19)42-4)33-21-9-7-8-20(16-21)29(32)35/h5-13,16-18,23,27-28,33H,14-15H2,1-4H3,(H2,32,35)(H,37,38)/t23?,27-,28?/m0/s1. The summed E-state index contributed by atoms with van der Waals surface area (Å²) < 4.78 is 37.5. The van der Waals surface area contributed by atoms with Gasteiger partial charge < -0.3 is 30.5 Å². The number of carbonyl (C=O) groups excluding carboxylic acids is 2. The lowest BCUT2D eigenvalue weighted by atomic mass is 9.93. The lowest BCUT2D eigenvalue weighted by molar-refractivity contribution is -0.143. The number of amides is 2. The number of benzene rings is 3. The molecule has 4 N–H and O–H groups in total. The number of carboxylic acid groups (broad SMARTS) is 1. The Balaban J connectivity index is 1.86. The molecule has 2 amide bonds. The average Bonchev–Trinajstić information content (AvgIpc) is 3.45. The van der Waals surface area contributed by atoms with Crippen LogP contribution in [-0.4, -0.2) is 62.2 Å². The molecule has 12 heteroatoms. The Morgan fingerprint density at radius 3 is 2.30 bits per heavy atom. The molecular weight excluding hydrogens is 574 g/mol. The number of nitrogens with one attached hydrogen (secondary N) is 1. The lowest BCUT2D eigenvalue weighted by Gasteiger charge is -2.33. The predicted octanol–water partition coefficient (Wildman–Crippen LogP) is 3.81. The molecule has 0 aromatic heterocycles. The lowest BCUT2D eigenvalue weighted by Crippen LogP contribution is -2.40. The molecule has 228 valence electrons. The minimum absolute atomic E-state index is 0.00858. The molecule has 4 rings (SSSR count). The number of carboxylic acids is 1. The van der Waals surface area contributed by atoms with E-state index in [1.807, 2.05) is 0 Å². The molecule has 2 unspecified atom stereocenters. The molecule has 1 heterocycles. The van der Waals surface area contributed by atoms with Gasteiger partial charge in [0.1, 0.15) is 6.04 Å². The second-order valence-corrected chi connectivity index (χ2v) is 13.0. The van der Waals surface area contributed by atoms with Crippen molar-refractivity contribution in [3.63, 3.8) is 0 Å². The molecule has 3 aromatic carbocycles. The maximum absolute atomic E-state index is 14.5. The van der Waals surface area contributed by atoms with E-state index in [2.05, 4.69) is 5.32 Å². The van der Waals surface area contributed by atoms with Crippen LogP contribution in [0.4, 0.5) is 5.69 Å². The van der Waals surface area contributed by atoms with E-state index in [4.69, 9.17) is 15.2 Å². The van der Waals surface area contributed by atoms with Crippen molar-refractivity contribution in [3.8, 4) is 11.5 Å². The number of nitrogens with zero attached hydrogens (tertiary/aromatic N) is 1. The van der Waals surface area contributed by atoms with Gasteiger partial charge >= 0.3 is 5.97 Å². The van der Waals surface area contributed by atoms with Crippen molar-refractivity contribution in [3.05, 3.63) is 83.4 Å². The number of sulfone groups is 1. The summed E-state index contributed by atoms with van der Waals surface area (Å²) >= 11 is 0. The van der Waals surface area contributed by atoms with E-state index in [1.54, 1.807) is 68.4 Å². The van der Waals surface area contributed by atoms with Gasteiger partial charge in [0.15, 0.2) is 21.3 Å². The number of anilines is 1. The highest BCUT2D eigenvalue weighted by molar-refractivity contribution is 7.92. The summed E-state index contributed by atoms with van der Waals surface area (Å²) in [5, 5.41) is 12.6. The highest BCUT2D eigenvalue weighted by Gasteiger charge is 2.46. The van der Waals surface area contributed by atoms with Crippen molar-refractivity contribution in [2.24, 2.45) is 11.7 Å². The van der Waals surface area contributed by atoms with Crippen molar-refractivity contribution in [1.29, 1.82) is 0 Å². The van der Waals surface area contributed by atoms with Crippen LogP contribution in [0.25, 0.3) is 0 Å². The first-order valence-corrected chi connectivity index (χ1v) is 15.2. The Bertz CT molecular complexity index is 1640. The normalized spacial score (nSPS) is 17.4. The molecule has 0 radical (unpaired) electrons. The molecule has 1 aliphatic rings.